The lowest BCUT2D eigenvalue weighted by Crippen LogP contribution is -2.22. The smallest absolute Gasteiger partial charge is 0.242 e. The van der Waals surface area contributed by atoms with Crippen LogP contribution in [-0.4, -0.2) is 31.8 Å². The van der Waals surface area contributed by atoms with Gasteiger partial charge >= 0.3 is 0 Å². The van der Waals surface area contributed by atoms with Gasteiger partial charge in [-0.2, -0.15) is 0 Å². The highest BCUT2D eigenvalue weighted by atomic mass is 35.5. The lowest BCUT2D eigenvalue weighted by atomic mass is 10.2. The molecule has 2 rings (SSSR count). The number of hydrogen-bond donors (Lipinski definition) is 1. The van der Waals surface area contributed by atoms with Gasteiger partial charge < -0.3 is 5.73 Å². The number of rotatable bonds is 3. The molecule has 1 heterocycles. The van der Waals surface area contributed by atoms with Gasteiger partial charge in [0.25, 0.3) is 0 Å². The number of hydrogen-bond acceptors (Lipinski definition) is 5. The zero-order valence-corrected chi connectivity index (χ0v) is 12.7. The number of aromatic nitrogens is 1. The van der Waals surface area contributed by atoms with Gasteiger partial charge in [0.05, 0.1) is 4.90 Å². The highest BCUT2D eigenvalue weighted by Crippen LogP contribution is 2.34. The molecule has 0 atom stereocenters. The van der Waals surface area contributed by atoms with E-state index in [0.717, 1.165) is 9.87 Å². The molecule has 0 spiro atoms. The van der Waals surface area contributed by atoms with Gasteiger partial charge in [-0.25, -0.2) is 17.7 Å². The van der Waals surface area contributed by atoms with Crippen LogP contribution in [0.3, 0.4) is 0 Å². The van der Waals surface area contributed by atoms with E-state index in [9.17, 15) is 8.42 Å². The monoisotopic (exact) mass is 317 g/mol. The normalized spacial score (nSPS) is 12.0. The molecule has 2 aromatic rings. The summed E-state index contributed by atoms with van der Waals surface area (Å²) < 4.78 is 25.5. The van der Waals surface area contributed by atoms with Crippen molar-refractivity contribution in [1.29, 1.82) is 0 Å². The maximum atomic E-state index is 11.9. The Labute approximate surface area is 120 Å². The molecule has 19 heavy (non-hydrogen) atoms. The lowest BCUT2D eigenvalue weighted by molar-refractivity contribution is 0.521. The van der Waals surface area contributed by atoms with E-state index in [1.807, 2.05) is 0 Å². The number of thiazole rings is 1. The molecule has 0 aliphatic carbocycles. The molecular formula is C11H12ClN3O2S2. The van der Waals surface area contributed by atoms with Gasteiger partial charge in [0, 0.05) is 19.7 Å². The Morgan fingerprint density at radius 2 is 1.84 bits per heavy atom. The number of nitrogen functional groups attached to an aromatic ring is 1. The highest BCUT2D eigenvalue weighted by Gasteiger charge is 2.17. The molecule has 5 nitrogen and oxygen atoms in total. The quantitative estimate of drug-likeness (QED) is 0.942. The molecule has 8 heteroatoms. The van der Waals surface area contributed by atoms with Crippen LogP contribution in [0.4, 0.5) is 5.13 Å². The summed E-state index contributed by atoms with van der Waals surface area (Å²) in [6.07, 6.45) is 0. The van der Waals surface area contributed by atoms with E-state index in [-0.39, 0.29) is 4.90 Å². The first-order valence-corrected chi connectivity index (χ1v) is 7.90. The number of anilines is 1. The second-order valence-electron chi connectivity index (χ2n) is 3.99. The van der Waals surface area contributed by atoms with Crippen molar-refractivity contribution in [3.8, 4) is 11.3 Å². The van der Waals surface area contributed by atoms with Crippen LogP contribution < -0.4 is 5.73 Å². The van der Waals surface area contributed by atoms with E-state index >= 15 is 0 Å². The summed E-state index contributed by atoms with van der Waals surface area (Å²) in [5.74, 6) is 0. The third-order valence-corrected chi connectivity index (χ3v) is 5.42. The van der Waals surface area contributed by atoms with Gasteiger partial charge in [0.2, 0.25) is 10.0 Å². The van der Waals surface area contributed by atoms with Gasteiger partial charge in [0.15, 0.2) is 5.13 Å². The predicted octanol–water partition coefficient (Wildman–Crippen LogP) is 2.30. The van der Waals surface area contributed by atoms with Crippen LogP contribution >= 0.6 is 22.9 Å². The summed E-state index contributed by atoms with van der Waals surface area (Å²) in [4.78, 5) is 4.33. The van der Waals surface area contributed by atoms with Crippen LogP contribution in [0.1, 0.15) is 0 Å². The molecule has 1 aromatic heterocycles. The maximum absolute atomic E-state index is 11.9. The van der Waals surface area contributed by atoms with E-state index < -0.39 is 10.0 Å². The summed E-state index contributed by atoms with van der Waals surface area (Å²) in [5, 5.41) is 0.380. The molecule has 0 saturated carbocycles. The number of nitrogens with two attached hydrogens (primary N) is 1. The second-order valence-corrected chi connectivity index (χ2v) is 7.77. The fourth-order valence-corrected chi connectivity index (χ4v) is 3.36. The maximum Gasteiger partial charge on any atom is 0.242 e. The average molecular weight is 318 g/mol. The summed E-state index contributed by atoms with van der Waals surface area (Å²) in [6, 6.07) is 6.38. The molecule has 0 unspecified atom stereocenters. The number of nitrogens with zero attached hydrogens (tertiary/aromatic N) is 2. The summed E-state index contributed by atoms with van der Waals surface area (Å²) in [6.45, 7) is 0. The number of benzene rings is 1. The van der Waals surface area contributed by atoms with Crippen molar-refractivity contribution < 1.29 is 8.42 Å². The van der Waals surface area contributed by atoms with Crippen LogP contribution in [0.15, 0.2) is 29.2 Å². The molecule has 0 saturated heterocycles. The third kappa shape index (κ3) is 2.74. The first-order chi connectivity index (χ1) is 8.82. The van der Waals surface area contributed by atoms with Crippen LogP contribution in [-0.2, 0) is 10.0 Å². The van der Waals surface area contributed by atoms with Gasteiger partial charge in [-0.1, -0.05) is 35.1 Å². The van der Waals surface area contributed by atoms with Crippen LogP contribution in [0, 0.1) is 0 Å². The van der Waals surface area contributed by atoms with E-state index in [1.165, 1.54) is 37.6 Å². The van der Waals surface area contributed by atoms with Gasteiger partial charge in [-0.05, 0) is 12.1 Å². The minimum absolute atomic E-state index is 0.223. The van der Waals surface area contributed by atoms with Crippen LogP contribution in [0.25, 0.3) is 11.3 Å². The molecule has 0 aliphatic heterocycles. The highest BCUT2D eigenvalue weighted by molar-refractivity contribution is 7.89. The third-order valence-electron chi connectivity index (χ3n) is 2.51. The molecule has 1 aromatic carbocycles. The van der Waals surface area contributed by atoms with Crippen molar-refractivity contribution in [3.63, 3.8) is 0 Å². The summed E-state index contributed by atoms with van der Waals surface area (Å²) in [7, 11) is -0.448. The van der Waals surface area contributed by atoms with Gasteiger partial charge in [-0.3, -0.25) is 0 Å². The van der Waals surface area contributed by atoms with Crippen molar-refractivity contribution in [3.05, 3.63) is 28.6 Å². The predicted molar refractivity (Wildman–Crippen MR) is 77.8 cm³/mol. The molecule has 0 fully saturated rings. The standard InChI is InChI=1S/C11H12ClN3O2S2/c1-15(2)19(16,17)8-5-3-7(4-6-8)9-10(12)18-11(13)14-9/h3-6H,1-2H3,(H2,13,14). The SMILES string of the molecule is CN(C)S(=O)(=O)c1ccc(-c2nc(N)sc2Cl)cc1. The Bertz CT molecular complexity index is 693. The van der Waals surface area contributed by atoms with Crippen LogP contribution in [0.2, 0.25) is 4.34 Å². The minimum Gasteiger partial charge on any atom is -0.375 e. The van der Waals surface area contributed by atoms with E-state index in [2.05, 4.69) is 4.98 Å². The Morgan fingerprint density at radius 3 is 2.26 bits per heavy atom. The van der Waals surface area contributed by atoms with Crippen molar-refractivity contribution >= 4 is 38.1 Å². The minimum atomic E-state index is -3.42. The zero-order chi connectivity index (χ0) is 14.2. The van der Waals surface area contributed by atoms with Crippen LogP contribution in [0.5, 0.6) is 0 Å². The fraction of sp³-hybridized carbons (Fsp3) is 0.182. The Morgan fingerprint density at radius 1 is 1.26 bits per heavy atom. The molecule has 2 N–H and O–H groups in total. The second kappa shape index (κ2) is 5.09. The van der Waals surface area contributed by atoms with E-state index in [4.69, 9.17) is 17.3 Å². The Kier molecular flexibility index (Phi) is 3.82. The number of sulfonamides is 1. The zero-order valence-electron chi connectivity index (χ0n) is 10.3. The fourth-order valence-electron chi connectivity index (χ4n) is 1.49. The van der Waals surface area contributed by atoms with Gasteiger partial charge in [-0.15, -0.1) is 0 Å². The van der Waals surface area contributed by atoms with Crippen molar-refractivity contribution in [2.24, 2.45) is 0 Å². The van der Waals surface area contributed by atoms with Crippen molar-refractivity contribution in [1.82, 2.24) is 9.29 Å². The lowest BCUT2D eigenvalue weighted by Gasteiger charge is -2.11. The van der Waals surface area contributed by atoms with Crippen molar-refractivity contribution in [2.75, 3.05) is 19.8 Å². The first kappa shape index (κ1) is 14.3. The average Bonchev–Trinajstić information content (AvgIpc) is 2.68. The molecule has 0 aliphatic rings. The summed E-state index contributed by atoms with van der Waals surface area (Å²) in [5.41, 5.74) is 6.88. The van der Waals surface area contributed by atoms with Crippen molar-refractivity contribution in [2.45, 2.75) is 4.90 Å². The Balaban J connectivity index is 2.42. The van der Waals surface area contributed by atoms with Gasteiger partial charge in [0.1, 0.15) is 10.0 Å². The Hall–Kier alpha value is -1.15. The van der Waals surface area contributed by atoms with E-state index in [0.29, 0.717) is 15.2 Å². The first-order valence-electron chi connectivity index (χ1n) is 5.27. The van der Waals surface area contributed by atoms with E-state index in [1.54, 1.807) is 12.1 Å². The molecule has 102 valence electrons. The molecular weight excluding hydrogens is 306 g/mol. The molecule has 0 amide bonds. The summed E-state index contributed by atoms with van der Waals surface area (Å²) >= 11 is 7.19. The molecule has 0 bridgehead atoms. The topological polar surface area (TPSA) is 76.3 Å². The molecule has 0 radical (unpaired) electrons. The number of halogens is 1. The largest absolute Gasteiger partial charge is 0.375 e.